The fraction of sp³-hybridized carbons (Fsp3) is 0.172. The molecule has 9 heteroatoms. The van der Waals surface area contributed by atoms with E-state index >= 15 is 0 Å². The third kappa shape index (κ3) is 4.90. The molecule has 2 aromatic carbocycles. The Bertz CT molecular complexity index is 1700. The molecule has 1 N–H and O–H groups in total. The van der Waals surface area contributed by atoms with Crippen molar-refractivity contribution in [2.75, 3.05) is 11.9 Å². The van der Waals surface area contributed by atoms with Gasteiger partial charge in [0.1, 0.15) is 21.9 Å². The van der Waals surface area contributed by atoms with Gasteiger partial charge in [-0.2, -0.15) is 0 Å². The number of carbonyl (C=O) groups is 2. The minimum atomic E-state index is -0.513. The zero-order valence-electron chi connectivity index (χ0n) is 21.1. The summed E-state index contributed by atoms with van der Waals surface area (Å²) in [6.45, 7) is 5.65. The molecular weight excluding hydrogens is 518 g/mol. The molecule has 0 unspecified atom stereocenters. The van der Waals surface area contributed by atoms with Gasteiger partial charge in [0.15, 0.2) is 0 Å². The van der Waals surface area contributed by atoms with Crippen molar-refractivity contribution in [3.8, 4) is 22.3 Å². The number of benzene rings is 2. The maximum Gasteiger partial charge on any atom is 0.341 e. The summed E-state index contributed by atoms with van der Waals surface area (Å²) >= 11 is 2.70. The number of nitrogens with one attached hydrogen (secondary N) is 1. The van der Waals surface area contributed by atoms with Gasteiger partial charge in [0.05, 0.1) is 18.3 Å². The van der Waals surface area contributed by atoms with Gasteiger partial charge >= 0.3 is 5.97 Å². The highest BCUT2D eigenvalue weighted by Crippen LogP contribution is 2.37. The number of thiophene rings is 2. The van der Waals surface area contributed by atoms with Crippen molar-refractivity contribution in [2.45, 2.75) is 27.3 Å². The molecule has 0 aliphatic carbocycles. The van der Waals surface area contributed by atoms with Crippen LogP contribution in [0.15, 0.2) is 71.1 Å². The van der Waals surface area contributed by atoms with E-state index in [9.17, 15) is 14.4 Å². The summed E-state index contributed by atoms with van der Waals surface area (Å²) in [5.74, 6) is -0.953. The number of aryl methyl sites for hydroxylation is 2. The van der Waals surface area contributed by atoms with Crippen LogP contribution < -0.4 is 10.9 Å². The Kier molecular flexibility index (Phi) is 7.22. The number of anilines is 1. The Morgan fingerprint density at radius 1 is 1.03 bits per heavy atom. The first-order valence-corrected chi connectivity index (χ1v) is 13.8. The van der Waals surface area contributed by atoms with Crippen LogP contribution in [0.4, 0.5) is 5.00 Å². The van der Waals surface area contributed by atoms with Gasteiger partial charge < -0.3 is 10.1 Å². The monoisotopic (exact) mass is 543 g/mol. The number of hydrogen-bond acceptors (Lipinski definition) is 7. The van der Waals surface area contributed by atoms with Crippen molar-refractivity contribution in [3.05, 3.63) is 92.7 Å². The lowest BCUT2D eigenvalue weighted by molar-refractivity contribution is -0.116. The van der Waals surface area contributed by atoms with E-state index in [0.29, 0.717) is 26.3 Å². The molecule has 0 radical (unpaired) electrons. The van der Waals surface area contributed by atoms with Crippen LogP contribution in [-0.4, -0.2) is 28.0 Å². The summed E-state index contributed by atoms with van der Waals surface area (Å²) in [5.41, 5.74) is 4.41. The molecule has 38 heavy (non-hydrogen) atoms. The predicted molar refractivity (Wildman–Crippen MR) is 153 cm³/mol. The Morgan fingerprint density at radius 3 is 2.47 bits per heavy atom. The van der Waals surface area contributed by atoms with Crippen molar-refractivity contribution in [1.82, 2.24) is 9.55 Å². The molecule has 0 fully saturated rings. The highest BCUT2D eigenvalue weighted by atomic mass is 32.1. The van der Waals surface area contributed by atoms with E-state index in [1.54, 1.807) is 6.92 Å². The van der Waals surface area contributed by atoms with Crippen molar-refractivity contribution in [3.63, 3.8) is 0 Å². The van der Waals surface area contributed by atoms with Gasteiger partial charge in [-0.15, -0.1) is 22.7 Å². The number of rotatable bonds is 7. The van der Waals surface area contributed by atoms with Crippen LogP contribution in [0, 0.1) is 13.8 Å². The molecule has 0 saturated carbocycles. The zero-order chi connectivity index (χ0) is 26.8. The quantitative estimate of drug-likeness (QED) is 0.244. The first-order chi connectivity index (χ1) is 18.4. The molecule has 0 atom stereocenters. The van der Waals surface area contributed by atoms with Gasteiger partial charge in [0, 0.05) is 21.4 Å². The van der Waals surface area contributed by atoms with E-state index in [0.717, 1.165) is 27.1 Å². The number of hydrogen-bond donors (Lipinski definition) is 1. The van der Waals surface area contributed by atoms with E-state index in [2.05, 4.69) is 10.3 Å². The first kappa shape index (κ1) is 25.6. The van der Waals surface area contributed by atoms with Gasteiger partial charge in [-0.25, -0.2) is 9.78 Å². The van der Waals surface area contributed by atoms with Gasteiger partial charge in [-0.1, -0.05) is 60.2 Å². The molecule has 5 aromatic rings. The van der Waals surface area contributed by atoms with Crippen LogP contribution in [-0.2, 0) is 16.1 Å². The Labute approximate surface area is 227 Å². The fourth-order valence-corrected chi connectivity index (χ4v) is 6.30. The van der Waals surface area contributed by atoms with E-state index < -0.39 is 11.9 Å². The number of aromatic nitrogens is 2. The summed E-state index contributed by atoms with van der Waals surface area (Å²) in [5, 5.41) is 5.52. The molecule has 0 spiro atoms. The molecule has 5 rings (SSSR count). The summed E-state index contributed by atoms with van der Waals surface area (Å²) < 4.78 is 6.59. The topological polar surface area (TPSA) is 90.3 Å². The second kappa shape index (κ2) is 10.7. The van der Waals surface area contributed by atoms with Crippen LogP contribution in [0.3, 0.4) is 0 Å². The third-order valence-corrected chi connectivity index (χ3v) is 8.03. The van der Waals surface area contributed by atoms with E-state index in [-0.39, 0.29) is 18.7 Å². The molecule has 3 aromatic heterocycles. The molecule has 1 amide bonds. The highest BCUT2D eigenvalue weighted by molar-refractivity contribution is 7.19. The van der Waals surface area contributed by atoms with Gasteiger partial charge in [-0.05, 0) is 31.9 Å². The zero-order valence-corrected chi connectivity index (χ0v) is 22.7. The smallest absolute Gasteiger partial charge is 0.341 e. The number of ether oxygens (including phenoxy) is 1. The number of nitrogens with zero attached hydrogens (tertiary/aromatic N) is 2. The summed E-state index contributed by atoms with van der Waals surface area (Å²) in [7, 11) is 0. The molecule has 0 aliphatic heterocycles. The Balaban J connectivity index is 1.47. The van der Waals surface area contributed by atoms with Crippen LogP contribution >= 0.6 is 22.7 Å². The van der Waals surface area contributed by atoms with Crippen molar-refractivity contribution in [2.24, 2.45) is 0 Å². The van der Waals surface area contributed by atoms with E-state index in [1.807, 2.05) is 73.8 Å². The minimum Gasteiger partial charge on any atom is -0.462 e. The number of amides is 1. The largest absolute Gasteiger partial charge is 0.462 e. The average Bonchev–Trinajstić information content (AvgIpc) is 3.47. The number of carbonyl (C=O) groups excluding carboxylic acids is 2. The van der Waals surface area contributed by atoms with Crippen LogP contribution in [0.2, 0.25) is 0 Å². The SMILES string of the molecule is CCOC(=O)c1c(-c2ccc(C)cc2)csc1NC(=O)Cn1cnc2sc(C)c(-c3ccccc3)c2c1=O. The fourth-order valence-electron chi connectivity index (χ4n) is 4.32. The van der Waals surface area contributed by atoms with Gasteiger partial charge in [-0.3, -0.25) is 14.2 Å². The lowest BCUT2D eigenvalue weighted by Gasteiger charge is -2.10. The summed E-state index contributed by atoms with van der Waals surface area (Å²) in [6, 6.07) is 17.5. The average molecular weight is 544 g/mol. The maximum absolute atomic E-state index is 13.5. The van der Waals surface area contributed by atoms with E-state index in [1.165, 1.54) is 33.6 Å². The second-order valence-electron chi connectivity index (χ2n) is 8.75. The van der Waals surface area contributed by atoms with Crippen molar-refractivity contribution >= 4 is 49.8 Å². The van der Waals surface area contributed by atoms with Crippen LogP contribution in [0.1, 0.15) is 27.7 Å². The van der Waals surface area contributed by atoms with Gasteiger partial charge in [0.2, 0.25) is 5.91 Å². The minimum absolute atomic E-state index is 0.209. The second-order valence-corrected chi connectivity index (χ2v) is 10.8. The van der Waals surface area contributed by atoms with Crippen LogP contribution in [0.25, 0.3) is 32.5 Å². The molecule has 7 nitrogen and oxygen atoms in total. The first-order valence-electron chi connectivity index (χ1n) is 12.1. The molecule has 0 saturated heterocycles. The van der Waals surface area contributed by atoms with Gasteiger partial charge in [0.25, 0.3) is 5.56 Å². The summed E-state index contributed by atoms with van der Waals surface area (Å²) in [6.07, 6.45) is 1.40. The van der Waals surface area contributed by atoms with E-state index in [4.69, 9.17) is 4.74 Å². The molecule has 3 heterocycles. The highest BCUT2D eigenvalue weighted by Gasteiger charge is 2.23. The molecule has 0 aliphatic rings. The summed E-state index contributed by atoms with van der Waals surface area (Å²) in [4.78, 5) is 45.5. The molecular formula is C29H25N3O4S2. The predicted octanol–water partition coefficient (Wildman–Crippen LogP) is 6.29. The number of fused-ring (bicyclic) bond motifs is 1. The Morgan fingerprint density at radius 2 is 1.76 bits per heavy atom. The normalized spacial score (nSPS) is 11.0. The maximum atomic E-state index is 13.5. The third-order valence-electron chi connectivity index (χ3n) is 6.12. The lowest BCUT2D eigenvalue weighted by Crippen LogP contribution is -2.28. The lowest BCUT2D eigenvalue weighted by atomic mass is 10.0. The standard InChI is InChI=1S/C29H25N3O4S2/c1-4-36-29(35)24-21(19-12-10-17(2)11-13-19)15-37-27(24)31-22(33)14-32-16-30-26-25(28(32)34)23(18(3)38-26)20-8-6-5-7-9-20/h5-13,15-16H,4,14H2,1-3H3,(H,31,33). The Hall–Kier alpha value is -4.08. The van der Waals surface area contributed by atoms with Crippen LogP contribution in [0.5, 0.6) is 0 Å². The molecule has 0 bridgehead atoms. The number of esters is 1. The van der Waals surface area contributed by atoms with Crippen molar-refractivity contribution < 1.29 is 14.3 Å². The molecule has 192 valence electrons. The van der Waals surface area contributed by atoms with Crippen molar-refractivity contribution in [1.29, 1.82) is 0 Å².